The van der Waals surface area contributed by atoms with Crippen molar-refractivity contribution >= 4 is 11.6 Å². The molecule has 1 aromatic heterocycles. The lowest BCUT2D eigenvalue weighted by Crippen LogP contribution is -2.55. The normalized spacial score (nSPS) is 24.3. The van der Waals surface area contributed by atoms with E-state index in [0.717, 1.165) is 34.1 Å². The van der Waals surface area contributed by atoms with Crippen LogP contribution in [0, 0.1) is 5.92 Å². The summed E-state index contributed by atoms with van der Waals surface area (Å²) in [5, 5.41) is 0. The maximum Gasteiger partial charge on any atom is 0.269 e. The van der Waals surface area contributed by atoms with Crippen LogP contribution >= 0.6 is 0 Å². The Morgan fingerprint density at radius 3 is 2.76 bits per heavy atom. The molecule has 3 aliphatic carbocycles. The molecule has 1 aliphatic heterocycles. The van der Waals surface area contributed by atoms with Crippen molar-refractivity contribution in [2.24, 2.45) is 16.6 Å². The molecule has 3 saturated carbocycles. The predicted octanol–water partition coefficient (Wildman–Crippen LogP) is 4.01. The number of amides is 1. The number of aromatic nitrogens is 2. The van der Waals surface area contributed by atoms with E-state index >= 15 is 0 Å². The molecular formula is C24H24N4O. The van der Waals surface area contributed by atoms with Gasteiger partial charge in [-0.25, -0.2) is 4.98 Å². The van der Waals surface area contributed by atoms with E-state index in [4.69, 9.17) is 10.7 Å². The number of imidazole rings is 1. The fourth-order valence-corrected chi connectivity index (χ4v) is 4.91. The van der Waals surface area contributed by atoms with Gasteiger partial charge in [-0.15, -0.1) is 0 Å². The van der Waals surface area contributed by atoms with E-state index < -0.39 is 5.91 Å². The summed E-state index contributed by atoms with van der Waals surface area (Å²) in [6.07, 6.45) is 13.4. The summed E-state index contributed by atoms with van der Waals surface area (Å²) in [4.78, 5) is 20.9. The monoisotopic (exact) mass is 384 g/mol. The van der Waals surface area contributed by atoms with Crippen molar-refractivity contribution in [2.75, 3.05) is 0 Å². The minimum Gasteiger partial charge on any atom is -0.364 e. The highest BCUT2D eigenvalue weighted by Gasteiger charge is 2.57. The zero-order chi connectivity index (χ0) is 20.2. The first kappa shape index (κ1) is 17.9. The summed E-state index contributed by atoms with van der Waals surface area (Å²) >= 11 is 0. The number of aliphatic imine (C=N–C) groups is 1. The van der Waals surface area contributed by atoms with Gasteiger partial charge in [0.05, 0.1) is 23.6 Å². The largest absolute Gasteiger partial charge is 0.364 e. The van der Waals surface area contributed by atoms with Gasteiger partial charge in [0.2, 0.25) is 0 Å². The molecule has 6 rings (SSSR count). The first-order valence-corrected chi connectivity index (χ1v) is 10.1. The van der Waals surface area contributed by atoms with Gasteiger partial charge >= 0.3 is 0 Å². The van der Waals surface area contributed by atoms with Crippen LogP contribution in [0.4, 0.5) is 0 Å². The van der Waals surface area contributed by atoms with E-state index in [1.165, 1.54) is 24.8 Å². The summed E-state index contributed by atoms with van der Waals surface area (Å²) in [7, 11) is 0. The Morgan fingerprint density at radius 1 is 1.31 bits per heavy atom. The molecule has 0 saturated heterocycles. The number of fused-ring (bicyclic) bond motifs is 3. The Morgan fingerprint density at radius 2 is 2.10 bits per heavy atom. The van der Waals surface area contributed by atoms with Gasteiger partial charge in [0.1, 0.15) is 6.33 Å². The van der Waals surface area contributed by atoms with Gasteiger partial charge in [0, 0.05) is 5.56 Å². The van der Waals surface area contributed by atoms with Gasteiger partial charge in [0.25, 0.3) is 5.91 Å². The Bertz CT molecular complexity index is 1110. The fraction of sp³-hybridized carbons (Fsp3) is 0.292. The highest BCUT2D eigenvalue weighted by atomic mass is 16.1. The maximum absolute atomic E-state index is 11.8. The van der Waals surface area contributed by atoms with Gasteiger partial charge in [-0.2, -0.15) is 0 Å². The second-order valence-corrected chi connectivity index (χ2v) is 8.34. The Kier molecular flexibility index (Phi) is 3.95. The van der Waals surface area contributed by atoms with Crippen molar-refractivity contribution in [3.05, 3.63) is 83.5 Å². The van der Waals surface area contributed by atoms with Crippen molar-refractivity contribution in [2.45, 2.75) is 38.1 Å². The topological polar surface area (TPSA) is 73.3 Å². The molecule has 1 aromatic carbocycles. The van der Waals surface area contributed by atoms with Crippen LogP contribution in [-0.4, -0.2) is 21.2 Å². The molecule has 146 valence electrons. The molecule has 1 amide bonds. The van der Waals surface area contributed by atoms with Crippen LogP contribution in [0.15, 0.2) is 66.0 Å². The quantitative estimate of drug-likeness (QED) is 0.791. The van der Waals surface area contributed by atoms with Crippen LogP contribution in [0.1, 0.15) is 53.5 Å². The highest BCUT2D eigenvalue weighted by molar-refractivity contribution is 6.16. The first-order chi connectivity index (χ1) is 14.0. The van der Waals surface area contributed by atoms with E-state index in [2.05, 4.69) is 29.8 Å². The first-order valence-electron chi connectivity index (χ1n) is 10.1. The van der Waals surface area contributed by atoms with E-state index in [1.807, 2.05) is 35.8 Å². The minimum atomic E-state index is -0.531. The van der Waals surface area contributed by atoms with E-state index in [-0.39, 0.29) is 5.69 Å². The average Bonchev–Trinajstić information content (AvgIpc) is 2.97. The summed E-state index contributed by atoms with van der Waals surface area (Å²) < 4.78 is 1.95. The predicted molar refractivity (Wildman–Crippen MR) is 114 cm³/mol. The third kappa shape index (κ3) is 2.64. The van der Waals surface area contributed by atoms with E-state index in [0.29, 0.717) is 12.0 Å². The average molecular weight is 384 g/mol. The lowest BCUT2D eigenvalue weighted by molar-refractivity contribution is -0.0274. The SMILES string of the molecule is C=C(/C=C\C=C/C)C1=NCc2c(C(N)=O)ncn2-c2ccc(C34CC(C3)C4)cc21. The standard InChI is InChI=1S/C24H24N4O/c1-3-4-5-6-15(2)21-18-9-17(24-10-16(11-24)12-24)7-8-19(18)28-14-27-22(23(25)29)20(28)13-26-21/h3-9,14,16H,2,10-13H2,1H3,(H2,25,29)/b4-3-,6-5-. The van der Waals surface area contributed by atoms with Crippen LogP contribution in [0.3, 0.4) is 0 Å². The molecule has 5 nitrogen and oxygen atoms in total. The molecule has 2 heterocycles. The number of nitrogens with two attached hydrogens (primary N) is 1. The Hall–Kier alpha value is -3.21. The van der Waals surface area contributed by atoms with Crippen molar-refractivity contribution in [3.63, 3.8) is 0 Å². The molecule has 0 spiro atoms. The third-order valence-corrected chi connectivity index (χ3v) is 6.55. The van der Waals surface area contributed by atoms with Crippen LogP contribution in [0.25, 0.3) is 5.69 Å². The van der Waals surface area contributed by atoms with Crippen LogP contribution < -0.4 is 5.73 Å². The highest BCUT2D eigenvalue weighted by Crippen LogP contribution is 2.65. The number of carbonyl (C=O) groups is 1. The number of nitrogens with zero attached hydrogens (tertiary/aromatic N) is 3. The van der Waals surface area contributed by atoms with Gasteiger partial charge in [-0.1, -0.05) is 36.9 Å². The molecular weight excluding hydrogens is 360 g/mol. The fourth-order valence-electron chi connectivity index (χ4n) is 4.91. The molecule has 2 bridgehead atoms. The van der Waals surface area contributed by atoms with Crippen molar-refractivity contribution in [1.82, 2.24) is 9.55 Å². The molecule has 2 N–H and O–H groups in total. The number of allylic oxidation sites excluding steroid dienone is 5. The Labute approximate surface area is 170 Å². The Balaban J connectivity index is 1.66. The van der Waals surface area contributed by atoms with Crippen LogP contribution in [0.2, 0.25) is 0 Å². The smallest absolute Gasteiger partial charge is 0.269 e. The molecule has 0 unspecified atom stereocenters. The zero-order valence-electron chi connectivity index (χ0n) is 16.6. The maximum atomic E-state index is 11.8. The molecule has 5 heteroatoms. The van der Waals surface area contributed by atoms with Gasteiger partial charge in [-0.3, -0.25) is 14.4 Å². The van der Waals surface area contributed by atoms with Gasteiger partial charge in [0.15, 0.2) is 5.69 Å². The molecule has 3 fully saturated rings. The number of hydrogen-bond acceptors (Lipinski definition) is 3. The van der Waals surface area contributed by atoms with Gasteiger partial charge in [-0.05, 0) is 60.8 Å². The lowest BCUT2D eigenvalue weighted by Gasteiger charge is -2.62. The summed E-state index contributed by atoms with van der Waals surface area (Å²) in [6, 6.07) is 6.63. The molecule has 29 heavy (non-hydrogen) atoms. The molecule has 2 aromatic rings. The number of benzene rings is 1. The van der Waals surface area contributed by atoms with Crippen LogP contribution in [-0.2, 0) is 12.0 Å². The van der Waals surface area contributed by atoms with Crippen molar-refractivity contribution in [3.8, 4) is 5.69 Å². The second-order valence-electron chi connectivity index (χ2n) is 8.34. The van der Waals surface area contributed by atoms with Crippen molar-refractivity contribution < 1.29 is 4.79 Å². The molecule has 4 aliphatic rings. The number of rotatable bonds is 5. The van der Waals surface area contributed by atoms with Gasteiger partial charge < -0.3 is 5.73 Å². The van der Waals surface area contributed by atoms with E-state index in [9.17, 15) is 4.79 Å². The zero-order valence-corrected chi connectivity index (χ0v) is 16.6. The minimum absolute atomic E-state index is 0.277. The summed E-state index contributed by atoms with van der Waals surface area (Å²) in [6.45, 7) is 6.58. The number of carbonyl (C=O) groups excluding carboxylic acids is 1. The summed E-state index contributed by atoms with van der Waals surface area (Å²) in [5.74, 6) is 0.385. The van der Waals surface area contributed by atoms with E-state index in [1.54, 1.807) is 6.33 Å². The molecule has 0 radical (unpaired) electrons. The summed E-state index contributed by atoms with van der Waals surface area (Å²) in [5.41, 5.74) is 12.0. The third-order valence-electron chi connectivity index (χ3n) is 6.55. The van der Waals surface area contributed by atoms with Crippen molar-refractivity contribution in [1.29, 1.82) is 0 Å². The van der Waals surface area contributed by atoms with Crippen LogP contribution in [0.5, 0.6) is 0 Å². The second kappa shape index (κ2) is 6.41. The lowest BCUT2D eigenvalue weighted by atomic mass is 9.42. The number of hydrogen-bond donors (Lipinski definition) is 1. The molecule has 0 atom stereocenters. The number of primary amides is 1.